The summed E-state index contributed by atoms with van der Waals surface area (Å²) in [6, 6.07) is 208. The van der Waals surface area contributed by atoms with E-state index in [0.717, 1.165) is 123 Å². The summed E-state index contributed by atoms with van der Waals surface area (Å²) in [6.07, 6.45) is 0. The molecule has 0 saturated heterocycles. The van der Waals surface area contributed by atoms with E-state index < -0.39 is 16.1 Å². The SMILES string of the molecule is CC(C)(C)c1ccc2c(c1)c1cc(C(C)(C)C)ccc1n2-c1cc2c3c(c1)N(c1ccc(-c4ccccc4)cc1-c1ccccc1)c1cc(-c4cc([Si](c5ccccc5)(c5ccccc5)c5cccc(-c6ccccc6)c5)cc([Si](c5ccccc5)(c5ccccc5)c5cccc(-c6ccccc6)c5)c4)ccc1B3c1ccc(-n3c4ccccc4c4ccccc43)cc1N2c1cc(-c2ccccc2)cc(-c2ccccc2)c1. The zero-order valence-electron chi connectivity index (χ0n) is 83.3. The maximum atomic E-state index is 2.73. The van der Waals surface area contributed by atoms with Crippen molar-refractivity contribution in [3.8, 4) is 89.3 Å². The average molecular weight is 1910 g/mol. The number of hydrogen-bond donors (Lipinski definition) is 0. The lowest BCUT2D eigenvalue weighted by atomic mass is 9.33. The number of rotatable bonds is 19. The quantitative estimate of drug-likeness (QED) is 0.0593. The summed E-state index contributed by atoms with van der Waals surface area (Å²) < 4.78 is 5.14. The topological polar surface area (TPSA) is 16.3 Å². The molecule has 0 aliphatic carbocycles. The third-order valence-corrected chi connectivity index (χ3v) is 40.7. The van der Waals surface area contributed by atoms with Crippen molar-refractivity contribution in [1.82, 2.24) is 9.13 Å². The number of fused-ring (bicyclic) bond motifs is 10. The molecule has 0 saturated carbocycles. The Labute approximate surface area is 863 Å². The van der Waals surface area contributed by atoms with Gasteiger partial charge in [0.2, 0.25) is 0 Å². The first-order chi connectivity index (χ1) is 72.1. The van der Waals surface area contributed by atoms with Crippen molar-refractivity contribution in [1.29, 1.82) is 0 Å². The van der Waals surface area contributed by atoms with Crippen LogP contribution in [0.2, 0.25) is 0 Å². The van der Waals surface area contributed by atoms with E-state index in [-0.39, 0.29) is 17.5 Å². The van der Waals surface area contributed by atoms with Crippen molar-refractivity contribution in [3.63, 3.8) is 0 Å². The average Bonchev–Trinajstić information content (AvgIpc) is 1.56. The van der Waals surface area contributed by atoms with E-state index in [0.29, 0.717) is 0 Å². The molecule has 24 aromatic rings. The van der Waals surface area contributed by atoms with Gasteiger partial charge in [0.05, 0.1) is 33.4 Å². The Bertz CT molecular complexity index is 8710. The molecule has 0 amide bonds. The number of nitrogens with zero attached hydrogens (tertiary/aromatic N) is 4. The molecule has 0 atom stereocenters. The van der Waals surface area contributed by atoms with Crippen LogP contribution >= 0.6 is 0 Å². The molecule has 2 aliphatic heterocycles. The summed E-state index contributed by atoms with van der Waals surface area (Å²) in [7, 11) is -7.22. The molecule has 2 aliphatic rings. The molecule has 0 radical (unpaired) electrons. The lowest BCUT2D eigenvalue weighted by Gasteiger charge is -2.45. The van der Waals surface area contributed by atoms with Crippen LogP contribution in [0.1, 0.15) is 52.7 Å². The van der Waals surface area contributed by atoms with Gasteiger partial charge in [-0.2, -0.15) is 0 Å². The molecule has 26 rings (SSSR count). The number of anilines is 6. The number of aromatic nitrogens is 2. The Morgan fingerprint density at radius 1 is 0.177 bits per heavy atom. The van der Waals surface area contributed by atoms with Gasteiger partial charge in [-0.3, -0.25) is 0 Å². The van der Waals surface area contributed by atoms with Crippen LogP contribution in [-0.4, -0.2) is 32.0 Å². The molecule has 22 aromatic carbocycles. The number of para-hydroxylation sites is 2. The van der Waals surface area contributed by atoms with Crippen molar-refractivity contribution in [2.24, 2.45) is 0 Å². The van der Waals surface area contributed by atoms with Crippen molar-refractivity contribution < 1.29 is 0 Å². The predicted molar refractivity (Wildman–Crippen MR) is 632 cm³/mol. The van der Waals surface area contributed by atoms with E-state index in [2.05, 4.69) is 600 Å². The maximum Gasteiger partial charge on any atom is 0.252 e. The van der Waals surface area contributed by atoms with E-state index in [9.17, 15) is 0 Å². The fourth-order valence-electron chi connectivity index (χ4n) is 24.2. The summed E-state index contributed by atoms with van der Waals surface area (Å²) >= 11 is 0. The van der Waals surface area contributed by atoms with Crippen LogP contribution in [0.3, 0.4) is 0 Å². The van der Waals surface area contributed by atoms with Crippen LogP contribution in [0.5, 0.6) is 0 Å². The van der Waals surface area contributed by atoms with Gasteiger partial charge in [0, 0.05) is 61.2 Å². The molecule has 0 unspecified atom stereocenters. The fourth-order valence-corrected chi connectivity index (χ4v) is 34.1. The van der Waals surface area contributed by atoms with Gasteiger partial charge in [0.15, 0.2) is 16.1 Å². The van der Waals surface area contributed by atoms with Crippen LogP contribution in [-0.2, 0) is 10.8 Å². The lowest BCUT2D eigenvalue weighted by molar-refractivity contribution is 0.590. The van der Waals surface area contributed by atoms with E-state index in [1.54, 1.807) is 0 Å². The van der Waals surface area contributed by atoms with Crippen molar-refractivity contribution >= 4 is 158 Å². The normalized spacial score (nSPS) is 12.5. The van der Waals surface area contributed by atoms with Gasteiger partial charge >= 0.3 is 0 Å². The second-order valence-corrected chi connectivity index (χ2v) is 49.4. The van der Waals surface area contributed by atoms with Crippen molar-refractivity contribution in [2.75, 3.05) is 9.80 Å². The maximum absolute atomic E-state index is 3.61. The predicted octanol–water partition coefficient (Wildman–Crippen LogP) is 29.0. The smallest absolute Gasteiger partial charge is 0.252 e. The summed E-state index contributed by atoms with van der Waals surface area (Å²) in [4.78, 5) is 5.42. The minimum atomic E-state index is -3.61. The Morgan fingerprint density at radius 3 is 0.932 bits per heavy atom. The first kappa shape index (κ1) is 89.6. The van der Waals surface area contributed by atoms with E-state index in [1.807, 2.05) is 0 Å². The van der Waals surface area contributed by atoms with Crippen LogP contribution in [0.4, 0.5) is 34.1 Å². The second-order valence-electron chi connectivity index (χ2n) is 41.8. The molecule has 0 spiro atoms. The van der Waals surface area contributed by atoms with Gasteiger partial charge in [0.25, 0.3) is 6.71 Å². The van der Waals surface area contributed by atoms with Crippen LogP contribution in [0, 0.1) is 0 Å². The van der Waals surface area contributed by atoms with E-state index in [1.165, 1.54) is 113 Å². The highest BCUT2D eigenvalue weighted by molar-refractivity contribution is 7.22. The highest BCUT2D eigenvalue weighted by Crippen LogP contribution is 2.52. The standard InChI is InChI=1S/C140H107BN4Si2/c1-139(2,3)109-73-79-132-125(90-109)126-91-110(140(4,5)6)74-80-133(126)143(132)113-93-136-138-137(94-113)145(131-78-72-104(98-47-21-9-22-48-98)88-124(131)101-53-27-12-28-54-101)134-89-105(71-76-127(134)141(138)128-77-75-111(142-129-69-39-37-67-122(129)123-68-38-40-70-130(123)142)92-135(128)144(136)112-82-106(99-49-23-10-24-50-99)81-107(83-112)100-51-25-11-26-52-100)108-86-120(146(114-57-29-13-30-58-114,115-59-31-14-32-60-115)118-65-41-55-102(84-118)96-43-17-7-18-44-96)95-121(87-108)147(116-61-33-15-34-62-116,117-63-35-16-36-64-117)119-66-42-56-103(85-119)97-45-19-8-20-46-97/h7-95H,1-6H3. The zero-order chi connectivity index (χ0) is 98.6. The van der Waals surface area contributed by atoms with Gasteiger partial charge in [-0.25, -0.2) is 0 Å². The summed E-state index contributed by atoms with van der Waals surface area (Å²) in [5, 5.41) is 15.1. The third-order valence-electron chi connectivity index (χ3n) is 31.2. The summed E-state index contributed by atoms with van der Waals surface area (Å²) in [5.41, 5.74) is 34.8. The highest BCUT2D eigenvalue weighted by atomic mass is 28.3. The summed E-state index contributed by atoms with van der Waals surface area (Å²) in [6.45, 7) is 13.7. The van der Waals surface area contributed by atoms with Gasteiger partial charge in [-0.15, -0.1) is 0 Å². The highest BCUT2D eigenvalue weighted by Gasteiger charge is 2.49. The Kier molecular flexibility index (Phi) is 22.2. The van der Waals surface area contributed by atoms with Gasteiger partial charge in [0.1, 0.15) is 0 Å². The number of hydrogen-bond acceptors (Lipinski definition) is 2. The molecule has 7 heteroatoms. The Hall–Kier alpha value is -17.5. The molecule has 0 fully saturated rings. The molecule has 4 heterocycles. The van der Waals surface area contributed by atoms with E-state index >= 15 is 0 Å². The minimum Gasteiger partial charge on any atom is -0.311 e. The van der Waals surface area contributed by atoms with Crippen molar-refractivity contribution in [2.45, 2.75) is 52.4 Å². The Balaban J connectivity index is 0.837. The third kappa shape index (κ3) is 15.4. The minimum absolute atomic E-state index is 0.150. The molecule has 2 aromatic heterocycles. The molecule has 0 N–H and O–H groups in total. The molecular formula is C140H107BN4Si2. The molecular weight excluding hydrogens is 1800 g/mol. The van der Waals surface area contributed by atoms with Gasteiger partial charge in [-0.1, -0.05) is 484 Å². The second kappa shape index (κ2) is 36.4. The molecule has 698 valence electrons. The first-order valence-electron chi connectivity index (χ1n) is 51.5. The largest absolute Gasteiger partial charge is 0.311 e. The molecule has 147 heavy (non-hydrogen) atoms. The first-order valence-corrected chi connectivity index (χ1v) is 55.5. The van der Waals surface area contributed by atoms with Gasteiger partial charge < -0.3 is 18.9 Å². The lowest BCUT2D eigenvalue weighted by Crippen LogP contribution is -2.78. The summed E-state index contributed by atoms with van der Waals surface area (Å²) in [5.74, 6) is 0. The van der Waals surface area contributed by atoms with Crippen LogP contribution < -0.4 is 67.7 Å². The molecule has 4 nitrogen and oxygen atoms in total. The fraction of sp³-hybridized carbons (Fsp3) is 0.0571. The Morgan fingerprint density at radius 2 is 0.497 bits per heavy atom. The molecule has 0 bridgehead atoms. The van der Waals surface area contributed by atoms with Crippen LogP contribution in [0.25, 0.3) is 133 Å². The van der Waals surface area contributed by atoms with E-state index in [4.69, 9.17) is 0 Å². The van der Waals surface area contributed by atoms with Crippen molar-refractivity contribution in [3.05, 3.63) is 551 Å². The van der Waals surface area contributed by atoms with Crippen LogP contribution in [0.15, 0.2) is 540 Å². The number of benzene rings is 22. The zero-order valence-corrected chi connectivity index (χ0v) is 85.3. The monoisotopic (exact) mass is 1910 g/mol. The van der Waals surface area contributed by atoms with Gasteiger partial charge in [-0.05, 0) is 249 Å².